The molecule has 2 unspecified atom stereocenters. The third kappa shape index (κ3) is 10.2. The molecule has 1 saturated carbocycles. The number of carbonyl (C=O) groups excluding carboxylic acids is 8. The summed E-state index contributed by atoms with van der Waals surface area (Å²) < 4.78 is 5.33. The summed E-state index contributed by atoms with van der Waals surface area (Å²) in [6, 6.07) is 0. The summed E-state index contributed by atoms with van der Waals surface area (Å²) in [5, 5.41) is 2.47. The predicted molar refractivity (Wildman–Crippen MR) is 152 cm³/mol. The van der Waals surface area contributed by atoms with Crippen molar-refractivity contribution >= 4 is 58.8 Å². The van der Waals surface area contributed by atoms with E-state index >= 15 is 0 Å². The van der Waals surface area contributed by atoms with Gasteiger partial charge in [0.15, 0.2) is 0 Å². The Morgan fingerprint density at radius 1 is 1.00 bits per heavy atom. The number of ether oxygens (including phenoxy) is 1. The van der Waals surface area contributed by atoms with Crippen molar-refractivity contribution in [3.8, 4) is 0 Å². The molecular formula is C28H40N4O10S. The zero-order valence-electron chi connectivity index (χ0n) is 24.4. The molecular weight excluding hydrogens is 584 g/mol. The van der Waals surface area contributed by atoms with E-state index in [1.54, 1.807) is 0 Å². The van der Waals surface area contributed by atoms with Gasteiger partial charge in [-0.2, -0.15) is 0 Å². The number of Topliss-reactive ketones (excluding diaryl/α,β-unsaturated/α-hetero) is 2. The summed E-state index contributed by atoms with van der Waals surface area (Å²) in [7, 11) is 0. The van der Waals surface area contributed by atoms with Gasteiger partial charge >= 0.3 is 5.97 Å². The predicted octanol–water partition coefficient (Wildman–Crippen LogP) is -0.0933. The summed E-state index contributed by atoms with van der Waals surface area (Å²) in [6.45, 7) is 2.19. The lowest BCUT2D eigenvalue weighted by molar-refractivity contribution is -0.201. The average Bonchev–Trinajstić information content (AvgIpc) is 3.44. The van der Waals surface area contributed by atoms with Crippen LogP contribution in [0.2, 0.25) is 0 Å². The van der Waals surface area contributed by atoms with Gasteiger partial charge in [0.05, 0.1) is 30.9 Å². The second kappa shape index (κ2) is 16.6. The number of likely N-dealkylation sites (tertiary alicyclic amines) is 1. The summed E-state index contributed by atoms with van der Waals surface area (Å²) >= 11 is 1.21. The molecule has 43 heavy (non-hydrogen) atoms. The topological polar surface area (TPSA) is 200 Å². The number of nitrogens with two attached hydrogens (primary N) is 1. The van der Waals surface area contributed by atoms with Gasteiger partial charge in [0.2, 0.25) is 17.7 Å². The molecule has 5 amide bonds. The van der Waals surface area contributed by atoms with Crippen LogP contribution in [-0.4, -0.2) is 101 Å². The number of hydrogen-bond donors (Lipinski definition) is 2. The number of rotatable bonds is 17. The minimum Gasteiger partial charge on any atom is -0.379 e. The SMILES string of the molecule is CC(=O)C(CSC1CC(=O)N(CC2CCC(C(=O)ON3C(=O)CCC3=O)CC2)C1=O)CC(=O)CCOCCNC(=O)CN. The largest absolute Gasteiger partial charge is 0.379 e. The fourth-order valence-corrected chi connectivity index (χ4v) is 6.54. The molecule has 3 N–H and O–H groups in total. The molecule has 0 aromatic carbocycles. The molecule has 0 aromatic heterocycles. The number of hydrogen-bond acceptors (Lipinski definition) is 12. The van der Waals surface area contributed by atoms with Crippen LogP contribution in [0, 0.1) is 17.8 Å². The van der Waals surface area contributed by atoms with Crippen LogP contribution in [0.15, 0.2) is 0 Å². The smallest absolute Gasteiger partial charge is 0.336 e. The molecule has 238 valence electrons. The Morgan fingerprint density at radius 3 is 2.30 bits per heavy atom. The summed E-state index contributed by atoms with van der Waals surface area (Å²) in [4.78, 5) is 104. The first-order valence-corrected chi connectivity index (χ1v) is 15.6. The lowest BCUT2D eigenvalue weighted by Crippen LogP contribution is -2.39. The van der Waals surface area contributed by atoms with Crippen LogP contribution in [0.5, 0.6) is 0 Å². The first-order valence-electron chi connectivity index (χ1n) is 14.6. The molecule has 2 atom stereocenters. The molecule has 2 aliphatic heterocycles. The minimum atomic E-state index is -0.627. The third-order valence-electron chi connectivity index (χ3n) is 7.84. The van der Waals surface area contributed by atoms with Gasteiger partial charge in [0, 0.05) is 56.9 Å². The van der Waals surface area contributed by atoms with Gasteiger partial charge in [-0.15, -0.1) is 16.8 Å². The van der Waals surface area contributed by atoms with Crippen molar-refractivity contribution < 1.29 is 47.9 Å². The normalized spacial score (nSPS) is 23.1. The van der Waals surface area contributed by atoms with Gasteiger partial charge in [-0.3, -0.25) is 38.5 Å². The third-order valence-corrected chi connectivity index (χ3v) is 9.20. The number of nitrogens with zero attached hydrogens (tertiary/aromatic N) is 2. The van der Waals surface area contributed by atoms with Gasteiger partial charge in [0.25, 0.3) is 11.8 Å². The molecule has 3 aliphatic rings. The maximum atomic E-state index is 13.0. The van der Waals surface area contributed by atoms with E-state index in [1.807, 2.05) is 0 Å². The molecule has 1 aliphatic carbocycles. The minimum absolute atomic E-state index is 0.0116. The first-order chi connectivity index (χ1) is 20.5. The van der Waals surface area contributed by atoms with Crippen LogP contribution < -0.4 is 11.1 Å². The van der Waals surface area contributed by atoms with Crippen molar-refractivity contribution in [2.24, 2.45) is 23.5 Å². The van der Waals surface area contributed by atoms with E-state index in [0.29, 0.717) is 30.7 Å². The molecule has 0 bridgehead atoms. The van der Waals surface area contributed by atoms with Crippen molar-refractivity contribution in [1.82, 2.24) is 15.3 Å². The Kier molecular flexibility index (Phi) is 13.3. The summed E-state index contributed by atoms with van der Waals surface area (Å²) in [5.74, 6) is -3.70. The van der Waals surface area contributed by atoms with Crippen LogP contribution in [0.1, 0.15) is 64.7 Å². The van der Waals surface area contributed by atoms with E-state index < -0.39 is 34.9 Å². The Bertz CT molecular complexity index is 1090. The van der Waals surface area contributed by atoms with Crippen LogP contribution in [-0.2, 0) is 47.9 Å². The van der Waals surface area contributed by atoms with Crippen molar-refractivity contribution in [2.45, 2.75) is 70.0 Å². The van der Waals surface area contributed by atoms with E-state index in [0.717, 1.165) is 0 Å². The lowest BCUT2D eigenvalue weighted by atomic mass is 9.82. The highest BCUT2D eigenvalue weighted by Crippen LogP contribution is 2.34. The molecule has 2 heterocycles. The van der Waals surface area contributed by atoms with Crippen LogP contribution in [0.3, 0.4) is 0 Å². The standard InChI is InChI=1S/C28H40N4O10S/c1-17(33)20(12-21(34)8-10-41-11-9-30-23(35)14-29)16-43-22-13-26(38)31(27(22)39)15-18-2-4-19(5-3-18)28(40)42-32-24(36)6-7-25(32)37/h18-20,22H,2-16,29H2,1H3,(H,30,35). The van der Waals surface area contributed by atoms with Crippen molar-refractivity contribution in [3.05, 3.63) is 0 Å². The quantitative estimate of drug-likeness (QED) is 0.161. The zero-order valence-corrected chi connectivity index (χ0v) is 25.2. The highest BCUT2D eigenvalue weighted by Gasteiger charge is 2.41. The molecule has 3 fully saturated rings. The average molecular weight is 625 g/mol. The number of nitrogens with one attached hydrogen (secondary N) is 1. The Morgan fingerprint density at radius 2 is 1.67 bits per heavy atom. The van der Waals surface area contributed by atoms with Crippen LogP contribution in [0.4, 0.5) is 0 Å². The molecule has 0 spiro atoms. The van der Waals surface area contributed by atoms with Crippen molar-refractivity contribution in [2.75, 3.05) is 38.6 Å². The first kappa shape index (κ1) is 34.3. The van der Waals surface area contributed by atoms with E-state index in [2.05, 4.69) is 5.32 Å². The number of thioether (sulfide) groups is 1. The van der Waals surface area contributed by atoms with Crippen molar-refractivity contribution in [3.63, 3.8) is 0 Å². The van der Waals surface area contributed by atoms with Crippen molar-refractivity contribution in [1.29, 1.82) is 0 Å². The van der Waals surface area contributed by atoms with Gasteiger partial charge in [-0.25, -0.2) is 4.79 Å². The molecule has 14 nitrogen and oxygen atoms in total. The van der Waals surface area contributed by atoms with Crippen LogP contribution in [0.25, 0.3) is 0 Å². The highest BCUT2D eigenvalue weighted by molar-refractivity contribution is 8.00. The molecule has 15 heteroatoms. The van der Waals surface area contributed by atoms with E-state index in [1.165, 1.54) is 23.6 Å². The number of amides is 5. The number of hydroxylamine groups is 2. The monoisotopic (exact) mass is 624 g/mol. The Balaban J connectivity index is 1.37. The number of ketones is 2. The van der Waals surface area contributed by atoms with Gasteiger partial charge in [-0.1, -0.05) is 0 Å². The fraction of sp³-hybridized carbons (Fsp3) is 0.714. The zero-order chi connectivity index (χ0) is 31.5. The van der Waals surface area contributed by atoms with Gasteiger partial charge in [-0.05, 0) is 38.5 Å². The maximum absolute atomic E-state index is 13.0. The van der Waals surface area contributed by atoms with Gasteiger partial charge in [0.1, 0.15) is 11.6 Å². The molecule has 3 rings (SSSR count). The van der Waals surface area contributed by atoms with E-state index in [9.17, 15) is 38.4 Å². The molecule has 0 radical (unpaired) electrons. The Labute approximate surface area is 254 Å². The summed E-state index contributed by atoms with van der Waals surface area (Å²) in [6.07, 6.45) is 2.28. The van der Waals surface area contributed by atoms with Gasteiger partial charge < -0.3 is 20.6 Å². The highest BCUT2D eigenvalue weighted by atomic mass is 32.2. The van der Waals surface area contributed by atoms with E-state index in [4.69, 9.17) is 15.3 Å². The molecule has 0 aromatic rings. The summed E-state index contributed by atoms with van der Waals surface area (Å²) in [5.41, 5.74) is 5.19. The van der Waals surface area contributed by atoms with Crippen LogP contribution >= 0.6 is 11.8 Å². The second-order valence-electron chi connectivity index (χ2n) is 11.0. The molecule has 2 saturated heterocycles. The van der Waals surface area contributed by atoms with E-state index in [-0.39, 0.29) is 106 Å². The Hall–Kier alpha value is -3.17. The lowest BCUT2D eigenvalue weighted by Gasteiger charge is -2.30. The maximum Gasteiger partial charge on any atom is 0.336 e. The fourth-order valence-electron chi connectivity index (χ4n) is 5.19. The second-order valence-corrected chi connectivity index (χ2v) is 12.3. The number of imide groups is 2. The number of carbonyl (C=O) groups is 8.